The van der Waals surface area contributed by atoms with Gasteiger partial charge in [-0.1, -0.05) is 25.4 Å². The van der Waals surface area contributed by atoms with Crippen molar-refractivity contribution >= 4 is 17.5 Å². The van der Waals surface area contributed by atoms with Crippen LogP contribution in [0.2, 0.25) is 0 Å². The Hall–Kier alpha value is -3.58. The third kappa shape index (κ3) is 7.20. The molecule has 0 aliphatic heterocycles. The van der Waals surface area contributed by atoms with Gasteiger partial charge in [0.2, 0.25) is 11.8 Å². The lowest BCUT2D eigenvalue weighted by atomic mass is 9.77. The number of hydrogen-bond acceptors (Lipinski definition) is 6. The molecule has 0 aromatic carbocycles. The van der Waals surface area contributed by atoms with E-state index in [-0.39, 0.29) is 43.4 Å². The molecule has 2 aliphatic rings. The average molecular weight is 625 g/mol. The number of imidazole rings is 1. The smallest absolute Gasteiger partial charge is 0.360 e. The summed E-state index contributed by atoms with van der Waals surface area (Å²) in [5.74, 6) is -3.84. The first-order chi connectivity index (χ1) is 20.7. The lowest BCUT2D eigenvalue weighted by Gasteiger charge is -2.34. The van der Waals surface area contributed by atoms with Crippen LogP contribution in [0.25, 0.3) is 5.65 Å². The van der Waals surface area contributed by atoms with Crippen molar-refractivity contribution in [1.29, 1.82) is 0 Å². The number of hydrogen-bond donors (Lipinski definition) is 2. The number of carbonyl (C=O) groups is 2. The lowest BCUT2D eigenvalue weighted by molar-refractivity contribution is -0.144. The molecule has 9 nitrogen and oxygen atoms in total. The summed E-state index contributed by atoms with van der Waals surface area (Å²) < 4.78 is 73.1. The Morgan fingerprint density at radius 1 is 1.09 bits per heavy atom. The van der Waals surface area contributed by atoms with Crippen LogP contribution in [0.4, 0.5) is 22.0 Å². The molecule has 2 saturated carbocycles. The van der Waals surface area contributed by atoms with E-state index in [2.05, 4.69) is 20.9 Å². The van der Waals surface area contributed by atoms with Crippen LogP contribution in [0, 0.1) is 18.8 Å². The van der Waals surface area contributed by atoms with Gasteiger partial charge < -0.3 is 15.2 Å². The maximum absolute atomic E-state index is 14.1. The second-order valence-electron chi connectivity index (χ2n) is 12.4. The topological polar surface area (TPSA) is 114 Å². The Bertz CT molecular complexity index is 1490. The second kappa shape index (κ2) is 12.4. The van der Waals surface area contributed by atoms with Gasteiger partial charge in [-0.15, -0.1) is 0 Å². The molecule has 2 amide bonds. The van der Waals surface area contributed by atoms with E-state index >= 15 is 0 Å². The first kappa shape index (κ1) is 31.8. The van der Waals surface area contributed by atoms with Crippen molar-refractivity contribution in [2.24, 2.45) is 11.8 Å². The molecule has 240 valence electrons. The molecule has 3 heterocycles. The first-order valence-corrected chi connectivity index (χ1v) is 15.1. The van der Waals surface area contributed by atoms with Crippen LogP contribution >= 0.6 is 0 Å². The molecule has 3 aromatic rings. The van der Waals surface area contributed by atoms with Crippen molar-refractivity contribution < 1.29 is 36.1 Å². The summed E-state index contributed by atoms with van der Waals surface area (Å²) in [6.07, 6.45) is -0.778. The van der Waals surface area contributed by atoms with Gasteiger partial charge in [-0.05, 0) is 56.1 Å². The summed E-state index contributed by atoms with van der Waals surface area (Å²) in [5.41, 5.74) is 2.17. The van der Waals surface area contributed by atoms with Crippen LogP contribution in [0.5, 0.6) is 0 Å². The molecule has 14 heteroatoms. The minimum atomic E-state index is -4.43. The molecule has 0 saturated heterocycles. The maximum Gasteiger partial charge on any atom is 0.389 e. The monoisotopic (exact) mass is 624 g/mol. The molecule has 0 radical (unpaired) electrons. The normalized spacial score (nSPS) is 19.1. The summed E-state index contributed by atoms with van der Waals surface area (Å²) in [7, 11) is 0. The fourth-order valence-corrected chi connectivity index (χ4v) is 6.08. The number of halogens is 5. The number of nitrogens with one attached hydrogen (secondary N) is 2. The number of alkyl halides is 5. The number of amides is 2. The van der Waals surface area contributed by atoms with Crippen molar-refractivity contribution in [2.45, 2.75) is 109 Å². The average Bonchev–Trinajstić information content (AvgIpc) is 3.52. The van der Waals surface area contributed by atoms with E-state index in [0.29, 0.717) is 33.9 Å². The van der Waals surface area contributed by atoms with Gasteiger partial charge in [-0.2, -0.15) is 18.3 Å². The third-order valence-corrected chi connectivity index (χ3v) is 8.77. The van der Waals surface area contributed by atoms with Gasteiger partial charge in [-0.3, -0.25) is 9.59 Å². The van der Waals surface area contributed by atoms with Crippen LogP contribution in [0.15, 0.2) is 23.0 Å². The van der Waals surface area contributed by atoms with E-state index in [9.17, 15) is 31.5 Å². The van der Waals surface area contributed by atoms with Gasteiger partial charge in [0.05, 0.1) is 42.3 Å². The van der Waals surface area contributed by atoms with E-state index < -0.39 is 48.8 Å². The highest BCUT2D eigenvalue weighted by Crippen LogP contribution is 2.42. The SMILES string of the molecule is Cc1noc(C(C)C)c1C(=O)N[C@H](c1cn2ncc([C@H](NC(=O)CCC(F)(F)F)C3CCC3)cc2n1)C1CCC(F)(F)CC1. The van der Waals surface area contributed by atoms with Crippen LogP contribution in [-0.2, 0) is 4.79 Å². The van der Waals surface area contributed by atoms with Crippen molar-refractivity contribution in [3.8, 4) is 0 Å². The van der Waals surface area contributed by atoms with Gasteiger partial charge in [0, 0.05) is 25.2 Å². The van der Waals surface area contributed by atoms with E-state index in [1.807, 2.05) is 13.8 Å². The highest BCUT2D eigenvalue weighted by atomic mass is 19.4. The Kier molecular flexibility index (Phi) is 8.99. The van der Waals surface area contributed by atoms with E-state index in [1.54, 1.807) is 25.4 Å². The van der Waals surface area contributed by atoms with E-state index in [0.717, 1.165) is 19.3 Å². The van der Waals surface area contributed by atoms with E-state index in [1.165, 1.54) is 4.52 Å². The lowest BCUT2D eigenvalue weighted by Crippen LogP contribution is -2.37. The number of aromatic nitrogens is 4. The quantitative estimate of drug-likeness (QED) is 0.242. The number of rotatable bonds is 10. The molecule has 3 aromatic heterocycles. The Morgan fingerprint density at radius 2 is 1.77 bits per heavy atom. The predicted octanol–water partition coefficient (Wildman–Crippen LogP) is 6.75. The van der Waals surface area contributed by atoms with Gasteiger partial charge >= 0.3 is 6.18 Å². The number of carbonyl (C=O) groups excluding carboxylic acids is 2. The predicted molar refractivity (Wildman–Crippen MR) is 149 cm³/mol. The van der Waals surface area contributed by atoms with Crippen molar-refractivity contribution in [2.75, 3.05) is 0 Å². The summed E-state index contributed by atoms with van der Waals surface area (Å²) in [6, 6.07) is 0.491. The van der Waals surface area contributed by atoms with Gasteiger partial charge in [0.1, 0.15) is 5.56 Å². The summed E-state index contributed by atoms with van der Waals surface area (Å²) in [5, 5.41) is 14.2. The minimum absolute atomic E-state index is 0.0569. The molecular formula is C30H37F5N6O3. The minimum Gasteiger partial charge on any atom is -0.360 e. The summed E-state index contributed by atoms with van der Waals surface area (Å²) in [6.45, 7) is 5.41. The Balaban J connectivity index is 1.43. The van der Waals surface area contributed by atoms with Crippen LogP contribution < -0.4 is 10.6 Å². The van der Waals surface area contributed by atoms with Crippen molar-refractivity contribution in [3.63, 3.8) is 0 Å². The fraction of sp³-hybridized carbons (Fsp3) is 0.633. The molecule has 0 spiro atoms. The zero-order valence-corrected chi connectivity index (χ0v) is 24.9. The van der Waals surface area contributed by atoms with Crippen LogP contribution in [0.1, 0.15) is 123 Å². The molecule has 0 bridgehead atoms. The van der Waals surface area contributed by atoms with Crippen LogP contribution in [0.3, 0.4) is 0 Å². The van der Waals surface area contributed by atoms with E-state index in [4.69, 9.17) is 9.51 Å². The van der Waals surface area contributed by atoms with Crippen LogP contribution in [-0.4, -0.2) is 43.7 Å². The molecule has 0 unspecified atom stereocenters. The number of aryl methyl sites for hydroxylation is 1. The highest BCUT2D eigenvalue weighted by molar-refractivity contribution is 5.96. The summed E-state index contributed by atoms with van der Waals surface area (Å²) in [4.78, 5) is 30.7. The molecule has 2 atom stereocenters. The molecule has 2 N–H and O–H groups in total. The zero-order valence-electron chi connectivity index (χ0n) is 24.9. The number of nitrogens with zero attached hydrogens (tertiary/aromatic N) is 4. The zero-order chi connectivity index (χ0) is 31.8. The van der Waals surface area contributed by atoms with Gasteiger partial charge in [-0.25, -0.2) is 18.3 Å². The third-order valence-electron chi connectivity index (χ3n) is 8.77. The molecule has 5 rings (SSSR count). The molecular weight excluding hydrogens is 587 g/mol. The first-order valence-electron chi connectivity index (χ1n) is 15.1. The number of fused-ring (bicyclic) bond motifs is 1. The molecule has 2 aliphatic carbocycles. The Morgan fingerprint density at radius 3 is 2.39 bits per heavy atom. The van der Waals surface area contributed by atoms with Crippen molar-refractivity contribution in [1.82, 2.24) is 30.4 Å². The van der Waals surface area contributed by atoms with Crippen molar-refractivity contribution in [3.05, 3.63) is 46.7 Å². The van der Waals surface area contributed by atoms with Gasteiger partial charge in [0.15, 0.2) is 11.4 Å². The Labute approximate surface area is 251 Å². The fourth-order valence-electron chi connectivity index (χ4n) is 6.08. The standard InChI is InChI=1S/C30H37F5N6O3/c1-16(2)27-24(17(3)40-44-27)28(43)39-26(19-7-10-29(31,32)11-8-19)21-15-41-22(37-21)13-20(14-36-41)25(18-5-4-6-18)38-23(42)9-12-30(33,34)35/h13-16,18-19,25-26H,4-12H2,1-3H3,(H,38,42)(H,39,43)/t25-,26+/m1/s1. The summed E-state index contributed by atoms with van der Waals surface area (Å²) >= 11 is 0. The maximum atomic E-state index is 14.1. The molecule has 44 heavy (non-hydrogen) atoms. The highest BCUT2D eigenvalue weighted by Gasteiger charge is 2.40. The van der Waals surface area contributed by atoms with Gasteiger partial charge in [0.25, 0.3) is 5.91 Å². The second-order valence-corrected chi connectivity index (χ2v) is 12.4. The molecule has 2 fully saturated rings. The largest absolute Gasteiger partial charge is 0.389 e.